The Kier molecular flexibility index (Phi) is 4.07. The van der Waals surface area contributed by atoms with Gasteiger partial charge >= 0.3 is 0 Å². The molecule has 0 radical (unpaired) electrons. The Morgan fingerprint density at radius 3 is 2.50 bits per heavy atom. The van der Waals surface area contributed by atoms with E-state index in [0.717, 1.165) is 8.93 Å². The third kappa shape index (κ3) is 2.77. The summed E-state index contributed by atoms with van der Waals surface area (Å²) >= 11 is 1.92. The van der Waals surface area contributed by atoms with Crippen molar-refractivity contribution in [1.29, 1.82) is 0 Å². The standard InChI is InChI=1S/C2H4INOS/c1-4-2(5)6-3/h1H3,(H,4,5). The second-order valence-electron chi connectivity index (χ2n) is 0.615. The van der Waals surface area contributed by atoms with E-state index in [0.29, 0.717) is 0 Å². The van der Waals surface area contributed by atoms with E-state index in [1.807, 2.05) is 21.2 Å². The molecule has 1 N–H and O–H groups in total. The highest BCUT2D eigenvalue weighted by molar-refractivity contribution is 14.2. The second-order valence-corrected chi connectivity index (χ2v) is 2.46. The summed E-state index contributed by atoms with van der Waals surface area (Å²) in [7, 11) is 2.75. The van der Waals surface area contributed by atoms with Crippen LogP contribution >= 0.6 is 30.1 Å². The lowest BCUT2D eigenvalue weighted by Gasteiger charge is -1.84. The maximum Gasteiger partial charge on any atom is 0.289 e. The molecule has 0 aliphatic rings. The van der Waals surface area contributed by atoms with E-state index in [4.69, 9.17) is 0 Å². The third-order valence-corrected chi connectivity index (χ3v) is 1.82. The van der Waals surface area contributed by atoms with Gasteiger partial charge in [0.25, 0.3) is 5.24 Å². The lowest BCUT2D eigenvalue weighted by Crippen LogP contribution is -2.08. The number of halogens is 1. The van der Waals surface area contributed by atoms with Crippen LogP contribution in [-0.2, 0) is 0 Å². The molecule has 1 amide bonds. The fourth-order valence-corrected chi connectivity index (χ4v) is 0.776. The maximum absolute atomic E-state index is 10.0. The van der Waals surface area contributed by atoms with Crippen LogP contribution < -0.4 is 5.32 Å². The average molecular weight is 217 g/mol. The first-order chi connectivity index (χ1) is 2.81. The van der Waals surface area contributed by atoms with Crippen LogP contribution in [0.25, 0.3) is 0 Å². The Morgan fingerprint density at radius 1 is 2.00 bits per heavy atom. The number of hydrogen-bond donors (Lipinski definition) is 1. The van der Waals surface area contributed by atoms with Crippen LogP contribution in [0, 0.1) is 0 Å². The van der Waals surface area contributed by atoms with Gasteiger partial charge in [0, 0.05) is 37.2 Å². The van der Waals surface area contributed by atoms with Gasteiger partial charge in [0.05, 0.1) is 0 Å². The summed E-state index contributed by atoms with van der Waals surface area (Å²) in [6.45, 7) is 0. The zero-order valence-corrected chi connectivity index (χ0v) is 6.17. The number of carbonyl (C=O) groups excluding carboxylic acids is 1. The maximum atomic E-state index is 10.0. The molecule has 0 heterocycles. The Bertz CT molecular complexity index is 51.5. The van der Waals surface area contributed by atoms with Crippen molar-refractivity contribution in [3.8, 4) is 0 Å². The summed E-state index contributed by atoms with van der Waals surface area (Å²) in [6.07, 6.45) is 0. The first kappa shape index (κ1) is 6.55. The monoisotopic (exact) mass is 217 g/mol. The molecule has 6 heavy (non-hydrogen) atoms. The molecule has 0 aromatic rings. The summed E-state index contributed by atoms with van der Waals surface area (Å²) in [5, 5.41) is 2.43. The molecule has 36 valence electrons. The Balaban J connectivity index is 2.99. The molecule has 0 atom stereocenters. The van der Waals surface area contributed by atoms with E-state index >= 15 is 0 Å². The zero-order valence-electron chi connectivity index (χ0n) is 3.19. The van der Waals surface area contributed by atoms with Crippen molar-refractivity contribution < 1.29 is 4.79 Å². The molecule has 0 saturated carbocycles. The summed E-state index contributed by atoms with van der Waals surface area (Å²) < 4.78 is 0. The predicted octanol–water partition coefficient (Wildman–Crippen LogP) is 1.41. The highest BCUT2D eigenvalue weighted by Crippen LogP contribution is 2.09. The van der Waals surface area contributed by atoms with Crippen LogP contribution in [0.3, 0.4) is 0 Å². The summed E-state index contributed by atoms with van der Waals surface area (Å²) in [4.78, 5) is 10.0. The minimum Gasteiger partial charge on any atom is -0.349 e. The van der Waals surface area contributed by atoms with Gasteiger partial charge in [-0.25, -0.2) is 0 Å². The molecule has 0 rings (SSSR count). The van der Waals surface area contributed by atoms with Gasteiger partial charge in [-0.05, 0) is 0 Å². The summed E-state index contributed by atoms with van der Waals surface area (Å²) in [6, 6.07) is 0. The second kappa shape index (κ2) is 3.73. The van der Waals surface area contributed by atoms with Gasteiger partial charge in [-0.2, -0.15) is 0 Å². The largest absolute Gasteiger partial charge is 0.349 e. The van der Waals surface area contributed by atoms with Gasteiger partial charge in [-0.3, -0.25) is 4.79 Å². The van der Waals surface area contributed by atoms with Gasteiger partial charge in [0.15, 0.2) is 0 Å². The fourth-order valence-electron chi connectivity index (χ4n) is 0.0386. The van der Waals surface area contributed by atoms with Gasteiger partial charge in [-0.15, -0.1) is 0 Å². The van der Waals surface area contributed by atoms with E-state index in [1.54, 1.807) is 7.05 Å². The molecule has 0 aliphatic carbocycles. The minimum absolute atomic E-state index is 0.00407. The van der Waals surface area contributed by atoms with Crippen LogP contribution in [0.15, 0.2) is 0 Å². The van der Waals surface area contributed by atoms with Crippen molar-refractivity contribution in [2.45, 2.75) is 0 Å². The number of nitrogens with one attached hydrogen (secondary N) is 1. The highest BCUT2D eigenvalue weighted by Gasteiger charge is 1.87. The minimum atomic E-state index is -0.00407. The Morgan fingerprint density at radius 2 is 2.50 bits per heavy atom. The molecule has 0 aromatic carbocycles. The molecule has 0 spiro atoms. The first-order valence-corrected chi connectivity index (χ1v) is 4.67. The predicted molar refractivity (Wildman–Crippen MR) is 36.1 cm³/mol. The molecule has 0 bridgehead atoms. The fraction of sp³-hybridized carbons (Fsp3) is 0.500. The topological polar surface area (TPSA) is 29.1 Å². The first-order valence-electron chi connectivity index (χ1n) is 1.31. The van der Waals surface area contributed by atoms with Crippen molar-refractivity contribution in [3.63, 3.8) is 0 Å². The normalized spacial score (nSPS) is 7.67. The molecular weight excluding hydrogens is 213 g/mol. The smallest absolute Gasteiger partial charge is 0.289 e. The van der Waals surface area contributed by atoms with Gasteiger partial charge < -0.3 is 5.32 Å². The summed E-state index contributed by atoms with van der Waals surface area (Å²) in [5.41, 5.74) is 0. The molecule has 0 saturated heterocycles. The Hall–Kier alpha value is 0.550. The van der Waals surface area contributed by atoms with Crippen LogP contribution in [-0.4, -0.2) is 12.3 Å². The molecular formula is C2H4INOS. The number of hydrogen-bond acceptors (Lipinski definition) is 2. The SMILES string of the molecule is CNC(=O)SI. The van der Waals surface area contributed by atoms with Crippen LogP contribution in [0.2, 0.25) is 0 Å². The van der Waals surface area contributed by atoms with Gasteiger partial charge in [0.1, 0.15) is 0 Å². The molecule has 0 fully saturated rings. The average Bonchev–Trinajstić information content (AvgIpc) is 1.65. The van der Waals surface area contributed by atoms with Crippen molar-refractivity contribution >= 4 is 35.4 Å². The van der Waals surface area contributed by atoms with Gasteiger partial charge in [-0.1, -0.05) is 0 Å². The van der Waals surface area contributed by atoms with E-state index in [2.05, 4.69) is 5.32 Å². The zero-order chi connectivity index (χ0) is 4.99. The van der Waals surface area contributed by atoms with Crippen LogP contribution in [0.1, 0.15) is 0 Å². The number of carbonyl (C=O) groups is 1. The van der Waals surface area contributed by atoms with Crippen molar-refractivity contribution in [2.75, 3.05) is 7.05 Å². The van der Waals surface area contributed by atoms with Crippen molar-refractivity contribution in [1.82, 2.24) is 5.32 Å². The molecule has 4 heteroatoms. The van der Waals surface area contributed by atoms with Crippen LogP contribution in [0.5, 0.6) is 0 Å². The highest BCUT2D eigenvalue weighted by atomic mass is 127. The quantitative estimate of drug-likeness (QED) is 0.621. The molecule has 0 unspecified atom stereocenters. The van der Waals surface area contributed by atoms with Gasteiger partial charge in [0.2, 0.25) is 0 Å². The van der Waals surface area contributed by atoms with E-state index in [1.165, 1.54) is 0 Å². The van der Waals surface area contributed by atoms with E-state index in [9.17, 15) is 4.79 Å². The molecule has 0 aliphatic heterocycles. The number of rotatable bonds is 0. The lowest BCUT2D eigenvalue weighted by atomic mass is 11.2. The lowest BCUT2D eigenvalue weighted by molar-refractivity contribution is 0.262. The van der Waals surface area contributed by atoms with E-state index < -0.39 is 0 Å². The number of amides is 1. The molecule has 0 aromatic heterocycles. The third-order valence-electron chi connectivity index (χ3n) is 0.274. The van der Waals surface area contributed by atoms with Crippen molar-refractivity contribution in [2.24, 2.45) is 0 Å². The summed E-state index contributed by atoms with van der Waals surface area (Å²) in [5.74, 6) is 0. The van der Waals surface area contributed by atoms with Crippen molar-refractivity contribution in [3.05, 3.63) is 0 Å². The molecule has 2 nitrogen and oxygen atoms in total. The van der Waals surface area contributed by atoms with E-state index in [-0.39, 0.29) is 5.24 Å². The Labute approximate surface area is 52.6 Å². The van der Waals surface area contributed by atoms with Crippen LogP contribution in [0.4, 0.5) is 4.79 Å².